The van der Waals surface area contributed by atoms with E-state index in [4.69, 9.17) is 9.84 Å². The van der Waals surface area contributed by atoms with Gasteiger partial charge in [-0.05, 0) is 54.9 Å². The fourth-order valence-electron chi connectivity index (χ4n) is 5.52. The van der Waals surface area contributed by atoms with Crippen molar-refractivity contribution in [3.05, 3.63) is 59.7 Å². The number of carbonyl (C=O) groups excluding carboxylic acids is 2. The van der Waals surface area contributed by atoms with Crippen molar-refractivity contribution in [2.24, 2.45) is 5.92 Å². The van der Waals surface area contributed by atoms with E-state index in [1.165, 1.54) is 11.1 Å². The lowest BCUT2D eigenvalue weighted by molar-refractivity contribution is -0.138. The van der Waals surface area contributed by atoms with E-state index in [0.29, 0.717) is 0 Å². The Hall–Kier alpha value is -3.35. The highest BCUT2D eigenvalue weighted by Gasteiger charge is 2.32. The van der Waals surface area contributed by atoms with Gasteiger partial charge >= 0.3 is 12.1 Å². The average Bonchev–Trinajstić information content (AvgIpc) is 3.11. The molecule has 2 atom stereocenters. The number of carboxylic acids is 1. The number of amides is 2. The Morgan fingerprint density at radius 2 is 1.57 bits per heavy atom. The third-order valence-corrected chi connectivity index (χ3v) is 7.07. The zero-order valence-electron chi connectivity index (χ0n) is 20.4. The number of benzene rings is 2. The summed E-state index contributed by atoms with van der Waals surface area (Å²) < 4.78 is 5.70. The minimum atomic E-state index is -0.956. The van der Waals surface area contributed by atoms with Gasteiger partial charge in [0.2, 0.25) is 5.91 Å². The van der Waals surface area contributed by atoms with Gasteiger partial charge in [0.25, 0.3) is 0 Å². The lowest BCUT2D eigenvalue weighted by Gasteiger charge is -2.33. The summed E-state index contributed by atoms with van der Waals surface area (Å²) in [5, 5.41) is 14.9. The lowest BCUT2D eigenvalue weighted by Crippen LogP contribution is -2.48. The third kappa shape index (κ3) is 6.02. The molecule has 2 aliphatic rings. The number of carbonyl (C=O) groups is 3. The molecule has 2 aromatic rings. The number of ether oxygens (including phenoxy) is 1. The summed E-state index contributed by atoms with van der Waals surface area (Å²) in [6.07, 6.45) is 3.25. The number of alkyl carbamates (subject to hydrolysis) is 1. The quantitative estimate of drug-likeness (QED) is 0.503. The topological polar surface area (TPSA) is 105 Å². The van der Waals surface area contributed by atoms with Crippen LogP contribution in [0.5, 0.6) is 0 Å². The fraction of sp³-hybridized carbons (Fsp3) is 0.464. The zero-order chi connectivity index (χ0) is 25.0. The first-order chi connectivity index (χ1) is 16.7. The van der Waals surface area contributed by atoms with Crippen LogP contribution in [0.4, 0.5) is 4.79 Å². The minimum absolute atomic E-state index is 0.00227. The van der Waals surface area contributed by atoms with Crippen molar-refractivity contribution in [2.75, 3.05) is 6.61 Å². The van der Waals surface area contributed by atoms with Gasteiger partial charge in [0.15, 0.2) is 0 Å². The second kappa shape index (κ2) is 10.5. The van der Waals surface area contributed by atoms with Gasteiger partial charge in [-0.15, -0.1) is 0 Å². The Bertz CT molecular complexity index is 1050. The average molecular weight is 479 g/mol. The number of hydrogen-bond acceptors (Lipinski definition) is 4. The molecule has 35 heavy (non-hydrogen) atoms. The molecule has 2 aliphatic carbocycles. The Morgan fingerprint density at radius 1 is 0.971 bits per heavy atom. The van der Waals surface area contributed by atoms with E-state index in [-0.39, 0.29) is 43.2 Å². The van der Waals surface area contributed by atoms with Gasteiger partial charge in [0.1, 0.15) is 6.61 Å². The summed E-state index contributed by atoms with van der Waals surface area (Å²) in [5.74, 6) is -1.16. The van der Waals surface area contributed by atoms with Crippen LogP contribution in [0.3, 0.4) is 0 Å². The monoisotopic (exact) mass is 478 g/mol. The molecule has 0 saturated heterocycles. The third-order valence-electron chi connectivity index (χ3n) is 7.07. The number of hydrogen-bond donors (Lipinski definition) is 3. The molecule has 2 aromatic carbocycles. The molecule has 1 fully saturated rings. The van der Waals surface area contributed by atoms with Gasteiger partial charge in [0.05, 0.1) is 6.42 Å². The molecule has 0 spiro atoms. The normalized spacial score (nSPS) is 19.4. The smallest absolute Gasteiger partial charge is 0.407 e. The Balaban J connectivity index is 1.34. The summed E-state index contributed by atoms with van der Waals surface area (Å²) in [7, 11) is 0. The summed E-state index contributed by atoms with van der Waals surface area (Å²) in [6, 6.07) is 16.3. The summed E-state index contributed by atoms with van der Waals surface area (Å²) >= 11 is 0. The first kappa shape index (κ1) is 24.8. The van der Waals surface area contributed by atoms with Crippen LogP contribution in [0.1, 0.15) is 69.4 Å². The maximum Gasteiger partial charge on any atom is 0.407 e. The van der Waals surface area contributed by atoms with Crippen LogP contribution in [-0.2, 0) is 14.3 Å². The minimum Gasteiger partial charge on any atom is -0.481 e. The summed E-state index contributed by atoms with van der Waals surface area (Å²) in [4.78, 5) is 36.4. The maximum absolute atomic E-state index is 12.8. The molecule has 7 heteroatoms. The SMILES string of the molecule is CC(C)(CC(=O)O)NC(=O)CC1CCCCC1NC(=O)OCC1c2ccccc2-c2ccccc21. The molecule has 1 saturated carbocycles. The van der Waals surface area contributed by atoms with E-state index < -0.39 is 17.6 Å². The van der Waals surface area contributed by atoms with Crippen molar-refractivity contribution in [1.29, 1.82) is 0 Å². The Labute approximate surface area is 206 Å². The molecule has 0 bridgehead atoms. The molecule has 4 rings (SSSR count). The number of rotatable bonds is 8. The van der Waals surface area contributed by atoms with Crippen LogP contribution in [0.15, 0.2) is 48.5 Å². The number of aliphatic carboxylic acids is 1. The van der Waals surface area contributed by atoms with Crippen LogP contribution in [-0.4, -0.2) is 41.3 Å². The van der Waals surface area contributed by atoms with Crippen molar-refractivity contribution in [2.45, 2.75) is 69.9 Å². The first-order valence-electron chi connectivity index (χ1n) is 12.4. The van der Waals surface area contributed by atoms with Crippen LogP contribution in [0.2, 0.25) is 0 Å². The highest BCUT2D eigenvalue weighted by molar-refractivity contribution is 5.80. The summed E-state index contributed by atoms with van der Waals surface area (Å²) in [6.45, 7) is 3.65. The van der Waals surface area contributed by atoms with E-state index in [0.717, 1.165) is 36.8 Å². The van der Waals surface area contributed by atoms with E-state index >= 15 is 0 Å². The van der Waals surface area contributed by atoms with Crippen LogP contribution in [0, 0.1) is 5.92 Å². The van der Waals surface area contributed by atoms with Gasteiger partial charge < -0.3 is 20.5 Å². The molecular formula is C28H34N2O5. The van der Waals surface area contributed by atoms with Gasteiger partial charge in [0, 0.05) is 23.9 Å². The predicted octanol–water partition coefficient (Wildman–Crippen LogP) is 4.84. The molecule has 7 nitrogen and oxygen atoms in total. The Morgan fingerprint density at radius 3 is 2.20 bits per heavy atom. The molecular weight excluding hydrogens is 444 g/mol. The van der Waals surface area contributed by atoms with Crippen LogP contribution < -0.4 is 10.6 Å². The van der Waals surface area contributed by atoms with Crippen molar-refractivity contribution in [1.82, 2.24) is 10.6 Å². The number of nitrogens with one attached hydrogen (secondary N) is 2. The number of carboxylic acid groups (broad SMARTS) is 1. The molecule has 2 unspecified atom stereocenters. The second-order valence-electron chi connectivity index (χ2n) is 10.3. The maximum atomic E-state index is 12.8. The Kier molecular flexibility index (Phi) is 7.43. The van der Waals surface area contributed by atoms with E-state index in [9.17, 15) is 14.4 Å². The highest BCUT2D eigenvalue weighted by atomic mass is 16.5. The van der Waals surface area contributed by atoms with Gasteiger partial charge in [-0.25, -0.2) is 4.79 Å². The highest BCUT2D eigenvalue weighted by Crippen LogP contribution is 2.44. The lowest BCUT2D eigenvalue weighted by atomic mass is 9.82. The van der Waals surface area contributed by atoms with Gasteiger partial charge in [-0.2, -0.15) is 0 Å². The van der Waals surface area contributed by atoms with Crippen LogP contribution >= 0.6 is 0 Å². The molecule has 0 radical (unpaired) electrons. The molecule has 0 aromatic heterocycles. The number of fused-ring (bicyclic) bond motifs is 3. The van der Waals surface area contributed by atoms with Gasteiger partial charge in [-0.3, -0.25) is 9.59 Å². The van der Waals surface area contributed by atoms with Gasteiger partial charge in [-0.1, -0.05) is 61.4 Å². The standard InChI is InChI=1S/C28H34N2O5/c1-28(2,16-26(32)33)30-25(31)15-18-9-3-8-14-24(18)29-27(34)35-17-23-21-12-6-4-10-19(21)20-11-5-7-13-22(20)23/h4-7,10-13,18,23-24H,3,8-9,14-17H2,1-2H3,(H,29,34)(H,30,31)(H,32,33). The van der Waals surface area contributed by atoms with Crippen molar-refractivity contribution < 1.29 is 24.2 Å². The predicted molar refractivity (Wildman–Crippen MR) is 133 cm³/mol. The van der Waals surface area contributed by atoms with Crippen molar-refractivity contribution >= 4 is 18.0 Å². The molecule has 3 N–H and O–H groups in total. The first-order valence-corrected chi connectivity index (χ1v) is 12.4. The largest absolute Gasteiger partial charge is 0.481 e. The molecule has 186 valence electrons. The molecule has 2 amide bonds. The van der Waals surface area contributed by atoms with E-state index in [2.05, 4.69) is 34.9 Å². The van der Waals surface area contributed by atoms with E-state index in [1.807, 2.05) is 24.3 Å². The fourth-order valence-corrected chi connectivity index (χ4v) is 5.52. The summed E-state index contributed by atoms with van der Waals surface area (Å²) in [5.41, 5.74) is 3.87. The molecule has 0 heterocycles. The zero-order valence-corrected chi connectivity index (χ0v) is 20.4. The van der Waals surface area contributed by atoms with E-state index in [1.54, 1.807) is 13.8 Å². The van der Waals surface area contributed by atoms with Crippen LogP contribution in [0.25, 0.3) is 11.1 Å². The molecule has 0 aliphatic heterocycles. The van der Waals surface area contributed by atoms with Crippen molar-refractivity contribution in [3.8, 4) is 11.1 Å². The van der Waals surface area contributed by atoms with Crippen molar-refractivity contribution in [3.63, 3.8) is 0 Å². The second-order valence-corrected chi connectivity index (χ2v) is 10.3.